The van der Waals surface area contributed by atoms with Gasteiger partial charge in [-0.15, -0.1) is 0 Å². The molecule has 2 aliphatic rings. The lowest BCUT2D eigenvalue weighted by molar-refractivity contribution is 0.0693. The molecule has 35 heavy (non-hydrogen) atoms. The molecule has 180 valence electrons. The van der Waals surface area contributed by atoms with Crippen molar-refractivity contribution in [3.05, 3.63) is 81.9 Å². The van der Waals surface area contributed by atoms with E-state index in [-0.39, 0.29) is 17.2 Å². The van der Waals surface area contributed by atoms with Crippen molar-refractivity contribution < 1.29 is 24.5 Å². The minimum absolute atomic E-state index is 0.124. The minimum atomic E-state index is -1.17. The van der Waals surface area contributed by atoms with Gasteiger partial charge >= 0.3 is 5.97 Å². The molecule has 1 saturated carbocycles. The molecule has 5 heteroatoms. The Morgan fingerprint density at radius 2 is 1.74 bits per heavy atom. The van der Waals surface area contributed by atoms with E-state index in [0.29, 0.717) is 23.9 Å². The summed E-state index contributed by atoms with van der Waals surface area (Å²) >= 11 is 0. The number of fused-ring (bicyclic) bond motifs is 1. The fraction of sp³-hybridized carbons (Fsp3) is 0.333. The summed E-state index contributed by atoms with van der Waals surface area (Å²) in [6.45, 7) is 4.40. The van der Waals surface area contributed by atoms with Crippen LogP contribution in [-0.2, 0) is 13.0 Å². The molecule has 0 spiro atoms. The van der Waals surface area contributed by atoms with Crippen LogP contribution in [0.3, 0.4) is 0 Å². The van der Waals surface area contributed by atoms with E-state index >= 15 is 0 Å². The number of carboxylic acids is 1. The largest absolute Gasteiger partial charge is 0.507 e. The number of carbonyl (C=O) groups excluding carboxylic acids is 1. The Morgan fingerprint density at radius 1 is 1.00 bits per heavy atom. The highest BCUT2D eigenvalue weighted by molar-refractivity contribution is 6.04. The van der Waals surface area contributed by atoms with Crippen LogP contribution in [-0.4, -0.2) is 22.0 Å². The number of ether oxygens (including phenoxy) is 1. The van der Waals surface area contributed by atoms with Crippen molar-refractivity contribution in [3.63, 3.8) is 0 Å². The monoisotopic (exact) mass is 470 g/mol. The van der Waals surface area contributed by atoms with Crippen molar-refractivity contribution in [1.29, 1.82) is 0 Å². The first-order valence-electron chi connectivity index (χ1n) is 12.3. The molecule has 0 radical (unpaired) electrons. The molecule has 3 aromatic rings. The van der Waals surface area contributed by atoms with Gasteiger partial charge in [0.05, 0.1) is 0 Å². The molecular formula is C30H30O5. The Kier molecular flexibility index (Phi) is 6.10. The highest BCUT2D eigenvalue weighted by atomic mass is 16.5. The van der Waals surface area contributed by atoms with Gasteiger partial charge in [-0.1, -0.05) is 37.1 Å². The predicted octanol–water partition coefficient (Wildman–Crippen LogP) is 6.50. The number of aromatic hydroxyl groups is 1. The third-order valence-corrected chi connectivity index (χ3v) is 7.81. The van der Waals surface area contributed by atoms with E-state index in [1.807, 2.05) is 38.1 Å². The molecule has 2 N–H and O–H groups in total. The van der Waals surface area contributed by atoms with Gasteiger partial charge < -0.3 is 14.9 Å². The lowest BCUT2D eigenvalue weighted by atomic mass is 9.87. The summed E-state index contributed by atoms with van der Waals surface area (Å²) in [5, 5.41) is 19.1. The Bertz CT molecular complexity index is 1320. The van der Waals surface area contributed by atoms with Crippen molar-refractivity contribution in [2.75, 3.05) is 0 Å². The summed E-state index contributed by atoms with van der Waals surface area (Å²) in [7, 11) is 0. The van der Waals surface area contributed by atoms with Crippen molar-refractivity contribution >= 4 is 11.8 Å². The molecule has 0 amide bonds. The minimum Gasteiger partial charge on any atom is -0.507 e. The number of Topliss-reactive ketones (excluding diaryl/α,β-unsaturated/α-hetero) is 1. The van der Waals surface area contributed by atoms with Gasteiger partial charge in [-0.25, -0.2) is 4.79 Å². The second kappa shape index (κ2) is 9.21. The summed E-state index contributed by atoms with van der Waals surface area (Å²) in [4.78, 5) is 24.6. The first kappa shape index (κ1) is 23.2. The summed E-state index contributed by atoms with van der Waals surface area (Å²) in [6.07, 6.45) is 5.61. The molecule has 1 atom stereocenters. The van der Waals surface area contributed by atoms with Crippen molar-refractivity contribution in [2.45, 2.75) is 52.6 Å². The van der Waals surface area contributed by atoms with Gasteiger partial charge in [-0.3, -0.25) is 4.79 Å². The van der Waals surface area contributed by atoms with E-state index in [4.69, 9.17) is 4.74 Å². The molecule has 0 aromatic heterocycles. The van der Waals surface area contributed by atoms with Crippen LogP contribution in [0.5, 0.6) is 11.5 Å². The number of rotatable bonds is 6. The molecule has 0 saturated heterocycles. The quantitative estimate of drug-likeness (QED) is 0.430. The van der Waals surface area contributed by atoms with E-state index in [1.54, 1.807) is 6.07 Å². The van der Waals surface area contributed by atoms with E-state index in [9.17, 15) is 19.8 Å². The first-order chi connectivity index (χ1) is 16.8. The number of benzene rings is 3. The number of ketones is 1. The number of carboxylic acid groups (broad SMARTS) is 1. The third-order valence-electron chi connectivity index (χ3n) is 7.81. The maximum absolute atomic E-state index is 13.2. The van der Waals surface area contributed by atoms with Crippen LogP contribution < -0.4 is 4.74 Å². The first-order valence-corrected chi connectivity index (χ1v) is 12.3. The Hall–Kier alpha value is -3.60. The maximum atomic E-state index is 13.2. The number of hydrogen-bond acceptors (Lipinski definition) is 4. The zero-order valence-electron chi connectivity index (χ0n) is 20.1. The fourth-order valence-electron chi connectivity index (χ4n) is 5.75. The van der Waals surface area contributed by atoms with Crippen LogP contribution in [0.25, 0.3) is 11.1 Å². The van der Waals surface area contributed by atoms with Crippen LogP contribution >= 0.6 is 0 Å². The number of aromatic carboxylic acids is 1. The summed E-state index contributed by atoms with van der Waals surface area (Å²) < 4.78 is 6.25. The fourth-order valence-corrected chi connectivity index (χ4v) is 5.75. The van der Waals surface area contributed by atoms with Gasteiger partial charge in [-0.2, -0.15) is 0 Å². The van der Waals surface area contributed by atoms with E-state index < -0.39 is 5.97 Å². The molecule has 5 rings (SSSR count). The predicted molar refractivity (Wildman–Crippen MR) is 134 cm³/mol. The molecule has 0 heterocycles. The zero-order valence-corrected chi connectivity index (χ0v) is 20.1. The maximum Gasteiger partial charge on any atom is 0.339 e. The van der Waals surface area contributed by atoms with Crippen LogP contribution in [0.1, 0.15) is 68.7 Å². The molecule has 0 bridgehead atoms. The van der Waals surface area contributed by atoms with Gasteiger partial charge in [0.1, 0.15) is 23.7 Å². The second-order valence-electron chi connectivity index (χ2n) is 9.90. The number of hydrogen-bond donors (Lipinski definition) is 2. The van der Waals surface area contributed by atoms with Crippen LogP contribution in [0, 0.1) is 25.7 Å². The Morgan fingerprint density at radius 3 is 2.49 bits per heavy atom. The molecule has 2 aliphatic carbocycles. The molecule has 3 aromatic carbocycles. The van der Waals surface area contributed by atoms with Gasteiger partial charge in [0, 0.05) is 11.5 Å². The van der Waals surface area contributed by atoms with Crippen molar-refractivity contribution in [2.24, 2.45) is 11.8 Å². The standard InChI is InChI=1S/C30H30O5/c1-17-18(2)28-23(14-24(29(28)32)20-7-3-4-8-20)15-27(17)35-16-19-6-5-9-21(12-19)22-10-11-26(31)25(13-22)30(33)34/h5-6,9-13,15,20,24,31H,3-4,7-8,14,16H2,1-2H3,(H,33,34). The second-order valence-corrected chi connectivity index (χ2v) is 9.90. The van der Waals surface area contributed by atoms with Gasteiger partial charge in [0.15, 0.2) is 5.78 Å². The van der Waals surface area contributed by atoms with E-state index in [2.05, 4.69) is 6.07 Å². The molecule has 5 nitrogen and oxygen atoms in total. The zero-order chi connectivity index (χ0) is 24.7. The van der Waals surface area contributed by atoms with Crippen LogP contribution in [0.2, 0.25) is 0 Å². The summed E-state index contributed by atoms with van der Waals surface area (Å²) in [5.74, 6) is 0.351. The van der Waals surface area contributed by atoms with Crippen LogP contribution in [0.15, 0.2) is 48.5 Å². The van der Waals surface area contributed by atoms with Crippen molar-refractivity contribution in [1.82, 2.24) is 0 Å². The third kappa shape index (κ3) is 4.31. The molecule has 0 aliphatic heterocycles. The lowest BCUT2D eigenvalue weighted by Gasteiger charge is -2.16. The highest BCUT2D eigenvalue weighted by Crippen LogP contribution is 2.43. The Balaban J connectivity index is 1.36. The van der Waals surface area contributed by atoms with Crippen LogP contribution in [0.4, 0.5) is 0 Å². The average Bonchev–Trinajstić information content (AvgIpc) is 3.49. The Labute approximate surface area is 205 Å². The highest BCUT2D eigenvalue weighted by Gasteiger charge is 2.39. The number of carbonyl (C=O) groups is 2. The smallest absolute Gasteiger partial charge is 0.339 e. The van der Waals surface area contributed by atoms with Gasteiger partial charge in [0.25, 0.3) is 0 Å². The molecule has 1 unspecified atom stereocenters. The SMILES string of the molecule is Cc1c(OCc2cccc(-c3ccc(O)c(C(=O)O)c3)c2)cc2c(c1C)C(=O)C(C1CCCC1)C2. The lowest BCUT2D eigenvalue weighted by Crippen LogP contribution is -2.18. The summed E-state index contributed by atoms with van der Waals surface area (Å²) in [6, 6.07) is 14.4. The normalized spacial score (nSPS) is 17.5. The van der Waals surface area contributed by atoms with Crippen molar-refractivity contribution in [3.8, 4) is 22.6 Å². The summed E-state index contributed by atoms with van der Waals surface area (Å²) in [5.41, 5.74) is 6.44. The van der Waals surface area contributed by atoms with Gasteiger partial charge in [0.2, 0.25) is 0 Å². The molecule has 1 fully saturated rings. The molecular weight excluding hydrogens is 440 g/mol. The van der Waals surface area contributed by atoms with E-state index in [0.717, 1.165) is 58.4 Å². The topological polar surface area (TPSA) is 83.8 Å². The van der Waals surface area contributed by atoms with E-state index in [1.165, 1.54) is 25.0 Å². The number of phenols is 1. The average molecular weight is 471 g/mol. The van der Waals surface area contributed by atoms with Gasteiger partial charge in [-0.05, 0) is 96.7 Å².